The summed E-state index contributed by atoms with van der Waals surface area (Å²) in [5.74, 6) is -0.548. The van der Waals surface area contributed by atoms with Gasteiger partial charge in [-0.2, -0.15) is 0 Å². The fourth-order valence-electron chi connectivity index (χ4n) is 3.18. The Kier molecular flexibility index (Phi) is 5.18. The number of aromatic nitrogens is 5. The van der Waals surface area contributed by atoms with Crippen LogP contribution in [0.15, 0.2) is 78.4 Å². The van der Waals surface area contributed by atoms with Gasteiger partial charge in [-0.1, -0.05) is 48.5 Å². The highest BCUT2D eigenvalue weighted by atomic mass is 32.1. The first kappa shape index (κ1) is 19.6. The normalized spacial score (nSPS) is 10.9. The summed E-state index contributed by atoms with van der Waals surface area (Å²) >= 11 is 1.48. The largest absolute Gasteiger partial charge is 0.309 e. The van der Waals surface area contributed by atoms with Gasteiger partial charge in [0.1, 0.15) is 0 Å². The third-order valence-electron chi connectivity index (χ3n) is 4.64. The molecule has 158 valence electrons. The number of hydrazine groups is 1. The Morgan fingerprint density at radius 2 is 1.69 bits per heavy atom. The summed E-state index contributed by atoms with van der Waals surface area (Å²) in [6.07, 6.45) is 3.69. The van der Waals surface area contributed by atoms with Crippen molar-refractivity contribution in [3.05, 3.63) is 90.0 Å². The zero-order valence-corrected chi connectivity index (χ0v) is 17.5. The van der Waals surface area contributed by atoms with E-state index in [9.17, 15) is 9.59 Å². The minimum absolute atomic E-state index is 0.0375. The average molecular weight is 443 g/mol. The molecule has 2 aromatic carbocycles. The van der Waals surface area contributed by atoms with Crippen molar-refractivity contribution in [3.63, 3.8) is 0 Å². The Bertz CT molecular complexity index is 1300. The number of thiazole rings is 1. The van der Waals surface area contributed by atoms with E-state index in [0.29, 0.717) is 11.5 Å². The smallest absolute Gasteiger partial charge is 0.297 e. The Morgan fingerprint density at radius 3 is 2.44 bits per heavy atom. The monoisotopic (exact) mass is 443 g/mol. The number of benzene rings is 2. The molecule has 3 heterocycles. The van der Waals surface area contributed by atoms with Crippen LogP contribution in [0, 0.1) is 0 Å². The summed E-state index contributed by atoms with van der Waals surface area (Å²) in [7, 11) is 0. The molecule has 0 unspecified atom stereocenters. The predicted octanol–water partition coefficient (Wildman–Crippen LogP) is 2.65. The molecule has 0 spiro atoms. The van der Waals surface area contributed by atoms with Gasteiger partial charge in [-0.25, -0.2) is 14.6 Å². The predicted molar refractivity (Wildman–Crippen MR) is 119 cm³/mol. The molecular weight excluding hydrogens is 426 g/mol. The number of para-hydroxylation sites is 1. The highest BCUT2D eigenvalue weighted by molar-refractivity contribution is 7.15. The Hall–Kier alpha value is -4.31. The second-order valence-electron chi connectivity index (χ2n) is 6.88. The van der Waals surface area contributed by atoms with Crippen LogP contribution in [0.4, 0.5) is 0 Å². The fourth-order valence-corrected chi connectivity index (χ4v) is 3.90. The minimum Gasteiger partial charge on any atom is -0.297 e. The molecule has 0 radical (unpaired) electrons. The lowest BCUT2D eigenvalue weighted by atomic mass is 10.2. The number of nitrogens with zero attached hydrogens (tertiary/aromatic N) is 5. The zero-order valence-electron chi connectivity index (χ0n) is 16.7. The molecule has 5 aromatic rings. The van der Waals surface area contributed by atoms with Gasteiger partial charge in [0.15, 0.2) is 10.8 Å². The van der Waals surface area contributed by atoms with Crippen LogP contribution in [0.1, 0.15) is 16.3 Å². The highest BCUT2D eigenvalue weighted by Gasteiger charge is 2.19. The quantitative estimate of drug-likeness (QED) is 0.406. The van der Waals surface area contributed by atoms with Crippen LogP contribution in [0.5, 0.6) is 0 Å². The highest BCUT2D eigenvalue weighted by Crippen LogP contribution is 2.21. The van der Waals surface area contributed by atoms with Crippen molar-refractivity contribution in [1.82, 2.24) is 35.0 Å². The molecule has 2 N–H and O–H groups in total. The van der Waals surface area contributed by atoms with E-state index in [0.717, 1.165) is 16.2 Å². The van der Waals surface area contributed by atoms with E-state index in [2.05, 4.69) is 25.9 Å². The molecule has 10 heteroatoms. The molecule has 0 aliphatic rings. The first-order valence-electron chi connectivity index (χ1n) is 9.75. The molecule has 0 saturated heterocycles. The molecule has 0 bridgehead atoms. The average Bonchev–Trinajstić information content (AvgIpc) is 3.54. The molecule has 9 nitrogen and oxygen atoms in total. The van der Waals surface area contributed by atoms with Gasteiger partial charge >= 0.3 is 5.91 Å². The van der Waals surface area contributed by atoms with Crippen LogP contribution >= 0.6 is 11.3 Å². The summed E-state index contributed by atoms with van der Waals surface area (Å²) in [6.45, 7) is 0. The van der Waals surface area contributed by atoms with Crippen molar-refractivity contribution in [2.75, 3.05) is 0 Å². The van der Waals surface area contributed by atoms with Crippen LogP contribution in [-0.2, 0) is 11.2 Å². The van der Waals surface area contributed by atoms with Gasteiger partial charge < -0.3 is 0 Å². The molecular formula is C22H17N7O2S. The topological polar surface area (TPSA) is 106 Å². The molecule has 0 saturated carbocycles. The first-order valence-corrected chi connectivity index (χ1v) is 10.6. The first-order chi connectivity index (χ1) is 15.7. The molecule has 0 aliphatic carbocycles. The lowest BCUT2D eigenvalue weighted by Gasteiger charge is -2.05. The number of imidazole rings is 1. The van der Waals surface area contributed by atoms with Gasteiger partial charge in [-0.3, -0.25) is 24.8 Å². The van der Waals surface area contributed by atoms with E-state index in [1.807, 2.05) is 76.6 Å². The molecule has 0 atom stereocenters. The standard InChI is InChI=1S/C22H17N7O2S/c30-18(13-16-14-28-11-12-32-22(28)23-16)25-26-21(31)19-24-20(15-7-3-1-4-8-15)29(27-19)17-9-5-2-6-10-17/h1-12,14H,13H2,(H,25,30)(H,26,31). The number of nitrogens with one attached hydrogen (secondary N) is 2. The Labute approximate surface area is 186 Å². The van der Waals surface area contributed by atoms with E-state index in [1.165, 1.54) is 11.3 Å². The third-order valence-corrected chi connectivity index (χ3v) is 5.41. The molecule has 2 amide bonds. The molecule has 0 aliphatic heterocycles. The maximum atomic E-state index is 12.6. The summed E-state index contributed by atoms with van der Waals surface area (Å²) < 4.78 is 3.45. The van der Waals surface area contributed by atoms with Gasteiger partial charge in [-0.05, 0) is 12.1 Å². The van der Waals surface area contributed by atoms with Crippen molar-refractivity contribution in [2.24, 2.45) is 0 Å². The van der Waals surface area contributed by atoms with E-state index in [1.54, 1.807) is 10.9 Å². The van der Waals surface area contributed by atoms with Gasteiger partial charge in [0.25, 0.3) is 0 Å². The Balaban J connectivity index is 1.32. The van der Waals surface area contributed by atoms with Crippen LogP contribution in [-0.4, -0.2) is 36.0 Å². The lowest BCUT2D eigenvalue weighted by molar-refractivity contribution is -0.121. The van der Waals surface area contributed by atoms with Crippen molar-refractivity contribution in [2.45, 2.75) is 6.42 Å². The molecule has 0 fully saturated rings. The van der Waals surface area contributed by atoms with Crippen molar-refractivity contribution in [3.8, 4) is 17.1 Å². The number of rotatable bonds is 5. The summed E-state index contributed by atoms with van der Waals surface area (Å²) in [5, 5.41) is 6.28. The number of hydrogen-bond acceptors (Lipinski definition) is 6. The second kappa shape index (κ2) is 8.44. The van der Waals surface area contributed by atoms with Crippen molar-refractivity contribution < 1.29 is 9.59 Å². The maximum absolute atomic E-state index is 12.6. The van der Waals surface area contributed by atoms with E-state index in [-0.39, 0.29) is 12.2 Å². The van der Waals surface area contributed by atoms with Crippen LogP contribution in [0.3, 0.4) is 0 Å². The summed E-state index contributed by atoms with van der Waals surface area (Å²) in [5.41, 5.74) is 6.97. The fraction of sp³-hybridized carbons (Fsp3) is 0.0455. The summed E-state index contributed by atoms with van der Waals surface area (Å²) in [4.78, 5) is 34.5. The van der Waals surface area contributed by atoms with E-state index in [4.69, 9.17) is 0 Å². The number of hydrogen-bond donors (Lipinski definition) is 2. The number of carbonyl (C=O) groups excluding carboxylic acids is 2. The summed E-state index contributed by atoms with van der Waals surface area (Å²) in [6, 6.07) is 18.9. The molecule has 32 heavy (non-hydrogen) atoms. The van der Waals surface area contributed by atoms with Crippen molar-refractivity contribution >= 4 is 28.1 Å². The van der Waals surface area contributed by atoms with E-state index < -0.39 is 11.8 Å². The Morgan fingerprint density at radius 1 is 0.938 bits per heavy atom. The SMILES string of the molecule is O=C(Cc1cn2ccsc2n1)NNC(=O)c1nc(-c2ccccc2)n(-c2ccccc2)n1. The van der Waals surface area contributed by atoms with Gasteiger partial charge in [-0.15, -0.1) is 16.4 Å². The molecule has 5 rings (SSSR count). The van der Waals surface area contributed by atoms with Crippen LogP contribution in [0.25, 0.3) is 22.0 Å². The number of amides is 2. The number of carbonyl (C=O) groups is 2. The van der Waals surface area contributed by atoms with E-state index >= 15 is 0 Å². The van der Waals surface area contributed by atoms with Crippen molar-refractivity contribution in [1.29, 1.82) is 0 Å². The second-order valence-corrected chi connectivity index (χ2v) is 7.75. The van der Waals surface area contributed by atoms with Crippen LogP contribution in [0.2, 0.25) is 0 Å². The lowest BCUT2D eigenvalue weighted by Crippen LogP contribution is -2.42. The van der Waals surface area contributed by atoms with Gasteiger partial charge in [0, 0.05) is 23.3 Å². The minimum atomic E-state index is -0.615. The van der Waals surface area contributed by atoms with Crippen LogP contribution < -0.4 is 10.9 Å². The third kappa shape index (κ3) is 3.98. The maximum Gasteiger partial charge on any atom is 0.309 e. The van der Waals surface area contributed by atoms with Gasteiger partial charge in [0.05, 0.1) is 17.8 Å². The zero-order chi connectivity index (χ0) is 21.9. The van der Waals surface area contributed by atoms with Gasteiger partial charge in [0.2, 0.25) is 11.7 Å². The molecule has 3 aromatic heterocycles. The number of fused-ring (bicyclic) bond motifs is 1.